The van der Waals surface area contributed by atoms with E-state index in [9.17, 15) is 9.59 Å². The van der Waals surface area contributed by atoms with Crippen molar-refractivity contribution >= 4 is 28.3 Å². The van der Waals surface area contributed by atoms with Crippen LogP contribution in [0.25, 0.3) is 10.8 Å². The molecule has 0 radical (unpaired) electrons. The van der Waals surface area contributed by atoms with Crippen LogP contribution in [0.1, 0.15) is 35.6 Å². The van der Waals surface area contributed by atoms with Crippen LogP contribution in [0.3, 0.4) is 0 Å². The second-order valence-corrected chi connectivity index (χ2v) is 10.2. The third-order valence-corrected chi connectivity index (χ3v) is 7.60. The third-order valence-electron chi connectivity index (χ3n) is 7.60. The number of hydrogen-bond acceptors (Lipinski definition) is 4. The van der Waals surface area contributed by atoms with Crippen molar-refractivity contribution in [1.29, 1.82) is 0 Å². The lowest BCUT2D eigenvalue weighted by atomic mass is 9.98. The lowest BCUT2D eigenvalue weighted by Crippen LogP contribution is -2.52. The van der Waals surface area contributed by atoms with Crippen LogP contribution in [0.2, 0.25) is 0 Å². The van der Waals surface area contributed by atoms with Gasteiger partial charge in [-0.05, 0) is 72.8 Å². The summed E-state index contributed by atoms with van der Waals surface area (Å²) in [4.78, 5) is 28.8. The largest absolute Gasteiger partial charge is 0.489 e. The number of hydrogen-bond donors (Lipinski definition) is 2. The number of fused-ring (bicyclic) bond motifs is 2. The number of benzene rings is 4. The molecule has 200 valence electrons. The van der Waals surface area contributed by atoms with Gasteiger partial charge in [0.15, 0.2) is 0 Å². The number of likely N-dealkylation sites (N-methyl/N-ethyl adjacent to an activating group) is 1. The summed E-state index contributed by atoms with van der Waals surface area (Å²) >= 11 is 0. The molecule has 2 unspecified atom stereocenters. The summed E-state index contributed by atoms with van der Waals surface area (Å²) in [5.74, 6) is 0.407. The molecular weight excluding hydrogens is 486 g/mol. The van der Waals surface area contributed by atoms with Crippen LogP contribution in [0.5, 0.6) is 5.75 Å². The quantitative estimate of drug-likeness (QED) is 0.330. The number of nitrogens with zero attached hydrogens (tertiary/aromatic N) is 1. The number of carbonyl (C=O) groups is 2. The number of rotatable bonds is 8. The Morgan fingerprint density at radius 3 is 2.59 bits per heavy atom. The minimum absolute atomic E-state index is 0.113. The van der Waals surface area contributed by atoms with Crippen molar-refractivity contribution in [3.63, 3.8) is 0 Å². The molecule has 1 aliphatic rings. The smallest absolute Gasteiger partial charge is 0.249 e. The number of ether oxygens (including phenoxy) is 1. The maximum Gasteiger partial charge on any atom is 0.249 e. The molecule has 6 heteroatoms. The number of amides is 2. The average Bonchev–Trinajstić information content (AvgIpc) is 3.09. The maximum absolute atomic E-state index is 14.1. The molecule has 0 aliphatic carbocycles. The first kappa shape index (κ1) is 26.4. The van der Waals surface area contributed by atoms with Crippen molar-refractivity contribution in [3.05, 3.63) is 107 Å². The first-order valence-electron chi connectivity index (χ1n) is 13.5. The zero-order valence-corrected chi connectivity index (χ0v) is 22.7. The number of aryl methyl sites for hydroxylation is 2. The summed E-state index contributed by atoms with van der Waals surface area (Å²) < 4.78 is 6.15. The van der Waals surface area contributed by atoms with E-state index in [1.807, 2.05) is 65.6 Å². The Morgan fingerprint density at radius 2 is 1.79 bits per heavy atom. The van der Waals surface area contributed by atoms with Crippen molar-refractivity contribution in [1.82, 2.24) is 10.6 Å². The number of anilines is 1. The van der Waals surface area contributed by atoms with E-state index in [2.05, 4.69) is 41.8 Å². The highest BCUT2D eigenvalue weighted by molar-refractivity contribution is 6.01. The first-order valence-corrected chi connectivity index (χ1v) is 13.5. The van der Waals surface area contributed by atoms with Crippen LogP contribution in [0.15, 0.2) is 84.9 Å². The standard InChI is InChI=1S/C33H35N3O3/c1-22-13-14-25-11-7-8-12-28(25)29(22)20-36-31-19-27(39-21-24-9-5-4-6-10-24)17-15-26(31)16-18-30(33(36)38)35-32(37)23(2)34-3/h4-15,17,19,23,30,34H,16,18,20-21H2,1-3H3,(H,35,37). The monoisotopic (exact) mass is 521 g/mol. The van der Waals surface area contributed by atoms with Gasteiger partial charge in [-0.3, -0.25) is 9.59 Å². The first-order chi connectivity index (χ1) is 18.9. The summed E-state index contributed by atoms with van der Waals surface area (Å²) in [5, 5.41) is 8.22. The lowest BCUT2D eigenvalue weighted by molar-refractivity contribution is -0.128. The van der Waals surface area contributed by atoms with Crippen molar-refractivity contribution in [2.24, 2.45) is 0 Å². The Hall–Kier alpha value is -4.16. The molecular formula is C33H35N3O3. The van der Waals surface area contributed by atoms with Gasteiger partial charge in [-0.1, -0.05) is 72.8 Å². The Morgan fingerprint density at radius 1 is 1.03 bits per heavy atom. The van der Waals surface area contributed by atoms with Gasteiger partial charge in [0, 0.05) is 6.07 Å². The van der Waals surface area contributed by atoms with Gasteiger partial charge in [0.1, 0.15) is 18.4 Å². The van der Waals surface area contributed by atoms with Crippen LogP contribution in [-0.4, -0.2) is 30.9 Å². The molecule has 0 saturated heterocycles. The fourth-order valence-electron chi connectivity index (χ4n) is 5.10. The van der Waals surface area contributed by atoms with Gasteiger partial charge in [-0.25, -0.2) is 0 Å². The van der Waals surface area contributed by atoms with Crippen molar-refractivity contribution in [3.8, 4) is 5.75 Å². The van der Waals surface area contributed by atoms with Crippen molar-refractivity contribution in [2.45, 2.75) is 51.9 Å². The molecule has 2 N–H and O–H groups in total. The van der Waals surface area contributed by atoms with Gasteiger partial charge in [0.05, 0.1) is 18.3 Å². The van der Waals surface area contributed by atoms with Gasteiger partial charge in [0.2, 0.25) is 11.8 Å². The fraction of sp³-hybridized carbons (Fsp3) is 0.273. The molecule has 4 aromatic carbocycles. The Labute approximate surface area is 230 Å². The topological polar surface area (TPSA) is 70.7 Å². The molecule has 4 aromatic rings. The Balaban J connectivity index is 1.52. The summed E-state index contributed by atoms with van der Waals surface area (Å²) in [6.07, 6.45) is 1.20. The highest BCUT2D eigenvalue weighted by Gasteiger charge is 2.33. The van der Waals surface area contributed by atoms with E-state index in [-0.39, 0.29) is 11.8 Å². The second kappa shape index (κ2) is 11.7. The van der Waals surface area contributed by atoms with E-state index in [0.717, 1.165) is 38.7 Å². The van der Waals surface area contributed by atoms with Gasteiger partial charge in [0.25, 0.3) is 0 Å². The van der Waals surface area contributed by atoms with Crippen LogP contribution in [0, 0.1) is 6.92 Å². The summed E-state index contributed by atoms with van der Waals surface area (Å²) in [5.41, 5.74) is 5.18. The molecule has 1 heterocycles. The zero-order chi connectivity index (χ0) is 27.4. The molecule has 39 heavy (non-hydrogen) atoms. The summed E-state index contributed by atoms with van der Waals surface area (Å²) in [7, 11) is 1.74. The third kappa shape index (κ3) is 5.81. The van der Waals surface area contributed by atoms with Crippen LogP contribution in [-0.2, 0) is 29.2 Å². The van der Waals surface area contributed by atoms with Crippen molar-refractivity contribution < 1.29 is 14.3 Å². The van der Waals surface area contributed by atoms with Crippen LogP contribution >= 0.6 is 0 Å². The highest BCUT2D eigenvalue weighted by Crippen LogP contribution is 2.34. The molecule has 0 fully saturated rings. The fourth-order valence-corrected chi connectivity index (χ4v) is 5.10. The van der Waals surface area contributed by atoms with Gasteiger partial charge >= 0.3 is 0 Å². The summed E-state index contributed by atoms with van der Waals surface area (Å²) in [6.45, 7) is 4.71. The van der Waals surface area contributed by atoms with Crippen LogP contribution in [0.4, 0.5) is 5.69 Å². The second-order valence-electron chi connectivity index (χ2n) is 10.2. The van der Waals surface area contributed by atoms with E-state index in [1.165, 1.54) is 0 Å². The molecule has 6 nitrogen and oxygen atoms in total. The highest BCUT2D eigenvalue weighted by atomic mass is 16.5. The predicted octanol–water partition coefficient (Wildman–Crippen LogP) is 5.30. The van der Waals surface area contributed by atoms with Crippen LogP contribution < -0.4 is 20.3 Å². The normalized spacial score (nSPS) is 15.9. The Bertz CT molecular complexity index is 1480. The van der Waals surface area contributed by atoms with E-state index >= 15 is 0 Å². The van der Waals surface area contributed by atoms with Gasteiger partial charge < -0.3 is 20.3 Å². The lowest BCUT2D eigenvalue weighted by Gasteiger charge is -2.28. The van der Waals surface area contributed by atoms with Gasteiger partial charge in [-0.15, -0.1) is 0 Å². The molecule has 5 rings (SSSR count). The molecule has 0 saturated carbocycles. The Kier molecular flexibility index (Phi) is 7.94. The molecule has 0 spiro atoms. The maximum atomic E-state index is 14.1. The minimum Gasteiger partial charge on any atom is -0.489 e. The average molecular weight is 522 g/mol. The van der Waals surface area contributed by atoms with Gasteiger partial charge in [-0.2, -0.15) is 0 Å². The van der Waals surface area contributed by atoms with E-state index in [0.29, 0.717) is 31.7 Å². The summed E-state index contributed by atoms with van der Waals surface area (Å²) in [6, 6.07) is 27.5. The molecule has 0 bridgehead atoms. The predicted molar refractivity (Wildman–Crippen MR) is 156 cm³/mol. The molecule has 2 amide bonds. The van der Waals surface area contributed by atoms with E-state index in [1.54, 1.807) is 14.0 Å². The van der Waals surface area contributed by atoms with E-state index in [4.69, 9.17) is 4.74 Å². The molecule has 1 aliphatic heterocycles. The van der Waals surface area contributed by atoms with Crippen molar-refractivity contribution in [2.75, 3.05) is 11.9 Å². The SMILES string of the molecule is CNC(C)C(=O)NC1CCc2ccc(OCc3ccccc3)cc2N(Cc2c(C)ccc3ccccc23)C1=O. The number of carbonyl (C=O) groups excluding carboxylic acids is 2. The minimum atomic E-state index is -0.621. The molecule has 2 atom stereocenters. The number of nitrogens with one attached hydrogen (secondary N) is 2. The van der Waals surface area contributed by atoms with E-state index < -0.39 is 12.1 Å². The molecule has 0 aromatic heterocycles. The zero-order valence-electron chi connectivity index (χ0n) is 22.7.